The molecule has 6 nitrogen and oxygen atoms in total. The molecule has 0 saturated carbocycles. The van der Waals surface area contributed by atoms with E-state index in [1.807, 2.05) is 30.5 Å². The van der Waals surface area contributed by atoms with Crippen molar-refractivity contribution in [3.05, 3.63) is 52.6 Å². The highest BCUT2D eigenvalue weighted by Gasteiger charge is 2.25. The summed E-state index contributed by atoms with van der Waals surface area (Å²) >= 11 is 0. The number of ketones is 1. The minimum Gasteiger partial charge on any atom is -0.464 e. The van der Waals surface area contributed by atoms with Crippen molar-refractivity contribution in [1.29, 1.82) is 0 Å². The van der Waals surface area contributed by atoms with E-state index in [0.29, 0.717) is 29.9 Å². The molecule has 0 spiro atoms. The third-order valence-corrected chi connectivity index (χ3v) is 4.10. The molecule has 2 aromatic rings. The third-order valence-electron chi connectivity index (χ3n) is 4.10. The summed E-state index contributed by atoms with van der Waals surface area (Å²) in [5.74, 6) is -0.447. The van der Waals surface area contributed by atoms with Crippen molar-refractivity contribution >= 4 is 11.8 Å². The van der Waals surface area contributed by atoms with Crippen molar-refractivity contribution in [3.63, 3.8) is 0 Å². The number of Topliss-reactive ketones (excluding diaryl/α,β-unsaturated/α-hetero) is 1. The molecule has 0 fully saturated rings. The van der Waals surface area contributed by atoms with Crippen LogP contribution in [-0.4, -0.2) is 35.0 Å². The van der Waals surface area contributed by atoms with Gasteiger partial charge >= 0.3 is 5.97 Å². The van der Waals surface area contributed by atoms with Crippen LogP contribution in [0.25, 0.3) is 0 Å². The largest absolute Gasteiger partial charge is 0.464 e. The van der Waals surface area contributed by atoms with Gasteiger partial charge in [0.05, 0.1) is 13.7 Å². The third kappa shape index (κ3) is 3.54. The smallest absolute Gasteiger partial charge is 0.354 e. The number of ether oxygens (including phenoxy) is 1. The molecule has 0 unspecified atom stereocenters. The van der Waals surface area contributed by atoms with Crippen LogP contribution in [0.2, 0.25) is 0 Å². The van der Waals surface area contributed by atoms with Crippen LogP contribution in [0.15, 0.2) is 24.5 Å². The number of nitrogens with zero attached hydrogens (tertiary/aromatic N) is 2. The summed E-state index contributed by atoms with van der Waals surface area (Å²) in [6.07, 6.45) is 3.44. The summed E-state index contributed by atoms with van der Waals surface area (Å²) in [6, 6.07) is 3.80. The summed E-state index contributed by atoms with van der Waals surface area (Å²) in [4.78, 5) is 28.6. The molecule has 0 saturated heterocycles. The van der Waals surface area contributed by atoms with Crippen molar-refractivity contribution in [2.24, 2.45) is 0 Å². The Morgan fingerprint density at radius 1 is 1.25 bits per heavy atom. The molecular weight excluding hydrogens is 306 g/mol. The fourth-order valence-electron chi connectivity index (χ4n) is 2.97. The molecule has 0 atom stereocenters. The fourth-order valence-corrected chi connectivity index (χ4v) is 2.97. The first-order chi connectivity index (χ1) is 11.5. The Morgan fingerprint density at radius 3 is 2.50 bits per heavy atom. The average Bonchev–Trinajstić information content (AvgIpc) is 2.85. The van der Waals surface area contributed by atoms with Gasteiger partial charge in [0.2, 0.25) is 0 Å². The molecule has 1 N–H and O–H groups in total. The van der Waals surface area contributed by atoms with E-state index in [2.05, 4.69) is 10.3 Å². The van der Waals surface area contributed by atoms with Gasteiger partial charge in [-0.15, -0.1) is 0 Å². The lowest BCUT2D eigenvalue weighted by molar-refractivity contribution is 0.0587. The van der Waals surface area contributed by atoms with Gasteiger partial charge in [-0.05, 0) is 44.0 Å². The monoisotopic (exact) mass is 329 g/mol. The van der Waals surface area contributed by atoms with E-state index in [0.717, 1.165) is 11.3 Å². The maximum Gasteiger partial charge on any atom is 0.354 e. The van der Waals surface area contributed by atoms with Crippen LogP contribution in [0.4, 0.5) is 0 Å². The first kappa shape index (κ1) is 17.9. The molecule has 6 heteroatoms. The minimum absolute atomic E-state index is 0.0311. The van der Waals surface area contributed by atoms with Crippen LogP contribution in [0.1, 0.15) is 44.6 Å². The first-order valence-corrected chi connectivity index (χ1v) is 7.92. The van der Waals surface area contributed by atoms with E-state index < -0.39 is 5.97 Å². The molecule has 0 aliphatic rings. The summed E-state index contributed by atoms with van der Waals surface area (Å²) < 4.78 is 6.68. The maximum absolute atomic E-state index is 12.6. The zero-order valence-electron chi connectivity index (χ0n) is 14.5. The van der Waals surface area contributed by atoms with Crippen LogP contribution < -0.4 is 5.32 Å². The summed E-state index contributed by atoms with van der Waals surface area (Å²) in [5, 5.41) is 3.14. The number of esters is 1. The van der Waals surface area contributed by atoms with Gasteiger partial charge in [-0.3, -0.25) is 9.78 Å². The maximum atomic E-state index is 12.6. The highest BCUT2D eigenvalue weighted by molar-refractivity contribution is 6.03. The topological polar surface area (TPSA) is 73.2 Å². The summed E-state index contributed by atoms with van der Waals surface area (Å²) in [6.45, 7) is 6.99. The summed E-state index contributed by atoms with van der Waals surface area (Å²) in [5.41, 5.74) is 3.59. The Balaban J connectivity index is 2.17. The van der Waals surface area contributed by atoms with Crippen molar-refractivity contribution in [2.45, 2.75) is 33.9 Å². The number of hydrogen-bond acceptors (Lipinski definition) is 5. The second kappa shape index (κ2) is 7.88. The van der Waals surface area contributed by atoms with E-state index in [-0.39, 0.29) is 12.3 Å². The zero-order valence-corrected chi connectivity index (χ0v) is 14.5. The van der Waals surface area contributed by atoms with Gasteiger partial charge in [0.1, 0.15) is 5.69 Å². The number of rotatable bonds is 7. The van der Waals surface area contributed by atoms with Crippen molar-refractivity contribution in [2.75, 3.05) is 13.7 Å². The van der Waals surface area contributed by atoms with E-state index in [9.17, 15) is 9.59 Å². The number of carbonyl (C=O) groups excluding carboxylic acids is 2. The SMILES string of the molecule is CCn1c(C)c(C(=O)CNCc2ccncc2)c(C)c1C(=O)OC. The fraction of sp³-hybridized carbons (Fsp3) is 0.389. The highest BCUT2D eigenvalue weighted by Crippen LogP contribution is 2.23. The van der Waals surface area contributed by atoms with Crippen LogP contribution in [0.5, 0.6) is 0 Å². The Morgan fingerprint density at radius 2 is 1.92 bits per heavy atom. The number of nitrogens with one attached hydrogen (secondary N) is 1. The van der Waals surface area contributed by atoms with Gasteiger partial charge in [0.15, 0.2) is 5.78 Å². The molecule has 2 rings (SSSR count). The molecule has 0 amide bonds. The van der Waals surface area contributed by atoms with Gasteiger partial charge < -0.3 is 14.6 Å². The normalized spacial score (nSPS) is 10.7. The predicted molar refractivity (Wildman–Crippen MR) is 91.2 cm³/mol. The number of hydrogen-bond donors (Lipinski definition) is 1. The van der Waals surface area contributed by atoms with Crippen LogP contribution in [-0.2, 0) is 17.8 Å². The molecule has 24 heavy (non-hydrogen) atoms. The molecular formula is C18H23N3O3. The van der Waals surface area contributed by atoms with Crippen molar-refractivity contribution < 1.29 is 14.3 Å². The predicted octanol–water partition coefficient (Wildman–Crippen LogP) is 2.28. The van der Waals surface area contributed by atoms with Gasteiger partial charge in [-0.2, -0.15) is 0 Å². The minimum atomic E-state index is -0.416. The first-order valence-electron chi connectivity index (χ1n) is 7.92. The Bertz CT molecular complexity index is 736. The number of carbonyl (C=O) groups is 2. The number of methoxy groups -OCH3 is 1. The zero-order chi connectivity index (χ0) is 17.7. The molecule has 2 heterocycles. The van der Waals surface area contributed by atoms with Crippen LogP contribution in [0, 0.1) is 13.8 Å². The van der Waals surface area contributed by atoms with E-state index in [1.165, 1.54) is 7.11 Å². The molecule has 2 aromatic heterocycles. The van der Waals surface area contributed by atoms with Crippen LogP contribution in [0.3, 0.4) is 0 Å². The van der Waals surface area contributed by atoms with Gasteiger partial charge in [0, 0.05) is 36.7 Å². The van der Waals surface area contributed by atoms with E-state index in [4.69, 9.17) is 4.74 Å². The molecule has 0 aromatic carbocycles. The van der Waals surface area contributed by atoms with Gasteiger partial charge in [-0.1, -0.05) is 0 Å². The van der Waals surface area contributed by atoms with E-state index >= 15 is 0 Å². The Kier molecular flexibility index (Phi) is 5.87. The molecule has 128 valence electrons. The summed E-state index contributed by atoms with van der Waals surface area (Å²) in [7, 11) is 1.35. The standard InChI is InChI=1S/C18H23N3O3/c1-5-21-13(3)16(12(2)17(21)18(23)24-4)15(22)11-20-10-14-6-8-19-9-7-14/h6-9,20H,5,10-11H2,1-4H3. The average molecular weight is 329 g/mol. The number of aromatic nitrogens is 2. The molecule has 0 aliphatic carbocycles. The highest BCUT2D eigenvalue weighted by atomic mass is 16.5. The van der Waals surface area contributed by atoms with Crippen molar-refractivity contribution in [1.82, 2.24) is 14.9 Å². The number of pyridine rings is 1. The Hall–Kier alpha value is -2.47. The second-order valence-electron chi connectivity index (χ2n) is 5.55. The molecule has 0 aliphatic heterocycles. The van der Waals surface area contributed by atoms with Gasteiger partial charge in [0.25, 0.3) is 0 Å². The van der Waals surface area contributed by atoms with Crippen molar-refractivity contribution in [3.8, 4) is 0 Å². The second-order valence-corrected chi connectivity index (χ2v) is 5.55. The molecule has 0 bridgehead atoms. The van der Waals surface area contributed by atoms with Gasteiger partial charge in [-0.25, -0.2) is 4.79 Å². The Labute approximate surface area is 141 Å². The lowest BCUT2D eigenvalue weighted by Gasteiger charge is -2.07. The lowest BCUT2D eigenvalue weighted by atomic mass is 10.1. The quantitative estimate of drug-likeness (QED) is 0.623. The van der Waals surface area contributed by atoms with Crippen LogP contribution >= 0.6 is 0 Å². The molecule has 0 radical (unpaired) electrons. The lowest BCUT2D eigenvalue weighted by Crippen LogP contribution is -2.23. The van der Waals surface area contributed by atoms with E-state index in [1.54, 1.807) is 19.3 Å².